The van der Waals surface area contributed by atoms with Gasteiger partial charge in [0.05, 0.1) is 24.1 Å². The number of Topliss-reactive ketones (excluding diaryl/α,β-unsaturated/α-hetero) is 1. The van der Waals surface area contributed by atoms with Crippen molar-refractivity contribution in [3.8, 4) is 0 Å². The first kappa shape index (κ1) is 15.4. The van der Waals surface area contributed by atoms with Gasteiger partial charge < -0.3 is 15.5 Å². The number of carboxylic acid groups (broad SMARTS) is 2. The zero-order valence-electron chi connectivity index (χ0n) is 10.5. The van der Waals surface area contributed by atoms with Crippen LogP contribution >= 0.6 is 0 Å². The molecule has 0 radical (unpaired) electrons. The zero-order valence-corrected chi connectivity index (χ0v) is 10.5. The molecule has 0 spiro atoms. The summed E-state index contributed by atoms with van der Waals surface area (Å²) < 4.78 is 0. The van der Waals surface area contributed by atoms with E-state index in [0.717, 1.165) is 0 Å². The predicted octanol–water partition coefficient (Wildman–Crippen LogP) is 0.548. The maximum absolute atomic E-state index is 11.8. The molecule has 3 N–H and O–H groups in total. The van der Waals surface area contributed by atoms with Gasteiger partial charge in [0.2, 0.25) is 0 Å². The lowest BCUT2D eigenvalue weighted by atomic mass is 10.1. The molecule has 20 heavy (non-hydrogen) atoms. The fourth-order valence-corrected chi connectivity index (χ4v) is 1.48. The van der Waals surface area contributed by atoms with Crippen LogP contribution in [-0.4, -0.2) is 40.4 Å². The molecule has 0 fully saturated rings. The fourth-order valence-electron chi connectivity index (χ4n) is 1.48. The molecule has 7 heteroatoms. The summed E-state index contributed by atoms with van der Waals surface area (Å²) in [5.41, 5.74) is -0.214. The van der Waals surface area contributed by atoms with Gasteiger partial charge in [-0.2, -0.15) is 0 Å². The summed E-state index contributed by atoms with van der Waals surface area (Å²) in [4.78, 5) is 44.3. The molecular formula is C13H13NO6. The normalized spacial score (nSPS) is 9.80. The Morgan fingerprint density at radius 3 is 2.10 bits per heavy atom. The van der Waals surface area contributed by atoms with Crippen molar-refractivity contribution in [2.75, 3.05) is 6.54 Å². The number of carbonyl (C=O) groups excluding carboxylic acids is 2. The van der Waals surface area contributed by atoms with Crippen molar-refractivity contribution in [2.24, 2.45) is 0 Å². The second-order valence-corrected chi connectivity index (χ2v) is 3.97. The molecular weight excluding hydrogens is 266 g/mol. The Hall–Kier alpha value is -2.70. The summed E-state index contributed by atoms with van der Waals surface area (Å²) in [6, 6.07) is 5.61. The Kier molecular flexibility index (Phi) is 5.40. The van der Waals surface area contributed by atoms with Gasteiger partial charge >= 0.3 is 11.9 Å². The number of benzene rings is 1. The molecule has 0 aromatic heterocycles. The van der Waals surface area contributed by atoms with Gasteiger partial charge in [-0.15, -0.1) is 0 Å². The first-order valence-corrected chi connectivity index (χ1v) is 5.76. The van der Waals surface area contributed by atoms with E-state index in [9.17, 15) is 19.2 Å². The Balaban J connectivity index is 2.62. The van der Waals surface area contributed by atoms with E-state index in [4.69, 9.17) is 10.2 Å². The van der Waals surface area contributed by atoms with Crippen LogP contribution in [0.3, 0.4) is 0 Å². The van der Waals surface area contributed by atoms with Crippen LogP contribution in [0.4, 0.5) is 0 Å². The van der Waals surface area contributed by atoms with E-state index in [1.807, 2.05) is 0 Å². The minimum absolute atomic E-state index is 0.0500. The molecule has 1 rings (SSSR count). The smallest absolute Gasteiger partial charge is 0.336 e. The molecule has 0 saturated carbocycles. The monoisotopic (exact) mass is 279 g/mol. The van der Waals surface area contributed by atoms with E-state index < -0.39 is 23.6 Å². The van der Waals surface area contributed by atoms with Crippen LogP contribution in [0, 0.1) is 0 Å². The first-order valence-electron chi connectivity index (χ1n) is 5.76. The summed E-state index contributed by atoms with van der Waals surface area (Å²) in [5, 5.41) is 19.6. The number of carboxylic acids is 2. The van der Waals surface area contributed by atoms with Crippen LogP contribution < -0.4 is 5.32 Å². The number of carbonyl (C=O) groups is 4. The van der Waals surface area contributed by atoms with E-state index in [1.165, 1.54) is 24.3 Å². The van der Waals surface area contributed by atoms with E-state index in [-0.39, 0.29) is 30.5 Å². The second kappa shape index (κ2) is 7.03. The van der Waals surface area contributed by atoms with Crippen LogP contribution in [0.5, 0.6) is 0 Å². The van der Waals surface area contributed by atoms with Gasteiger partial charge in [-0.05, 0) is 12.1 Å². The number of hydrogen-bond acceptors (Lipinski definition) is 4. The number of nitrogens with one attached hydrogen (secondary N) is 1. The Labute approximate surface area is 114 Å². The Morgan fingerprint density at radius 2 is 1.55 bits per heavy atom. The third-order valence-electron chi connectivity index (χ3n) is 2.47. The van der Waals surface area contributed by atoms with Gasteiger partial charge in [0.25, 0.3) is 5.91 Å². The maximum atomic E-state index is 11.8. The van der Waals surface area contributed by atoms with Crippen molar-refractivity contribution in [3.05, 3.63) is 35.4 Å². The van der Waals surface area contributed by atoms with E-state index in [0.29, 0.717) is 0 Å². The molecule has 0 bridgehead atoms. The molecule has 0 unspecified atom stereocenters. The summed E-state index contributed by atoms with van der Waals surface area (Å²) >= 11 is 0. The molecule has 1 aromatic rings. The quantitative estimate of drug-likeness (QED) is 0.670. The molecule has 0 aliphatic rings. The average molecular weight is 279 g/mol. The van der Waals surface area contributed by atoms with Crippen LogP contribution in [0.2, 0.25) is 0 Å². The number of amides is 1. The van der Waals surface area contributed by atoms with Crippen molar-refractivity contribution in [1.82, 2.24) is 5.32 Å². The lowest BCUT2D eigenvalue weighted by Crippen LogP contribution is -2.30. The number of hydrogen-bond donors (Lipinski definition) is 3. The molecule has 0 aliphatic heterocycles. The van der Waals surface area contributed by atoms with Crippen molar-refractivity contribution >= 4 is 23.6 Å². The van der Waals surface area contributed by atoms with Gasteiger partial charge in [0.1, 0.15) is 0 Å². The standard InChI is InChI=1S/C13H13NO6/c15-8(5-6-11(16)17)7-14-12(18)9-3-1-2-4-10(9)13(19)20/h1-4H,5-7H2,(H,14,18)(H,16,17)(H,19,20). The summed E-state index contributed by atoms with van der Waals surface area (Å²) in [6.45, 7) is -0.333. The minimum Gasteiger partial charge on any atom is -0.481 e. The molecule has 1 amide bonds. The average Bonchev–Trinajstić information content (AvgIpc) is 2.42. The topological polar surface area (TPSA) is 121 Å². The Morgan fingerprint density at radius 1 is 0.950 bits per heavy atom. The molecule has 0 heterocycles. The van der Waals surface area contributed by atoms with Gasteiger partial charge in [-0.1, -0.05) is 12.1 Å². The lowest BCUT2D eigenvalue weighted by molar-refractivity contribution is -0.138. The number of ketones is 1. The minimum atomic E-state index is -1.24. The molecule has 106 valence electrons. The van der Waals surface area contributed by atoms with Crippen LogP contribution in [0.25, 0.3) is 0 Å². The van der Waals surface area contributed by atoms with Crippen LogP contribution in [0.1, 0.15) is 33.6 Å². The fraction of sp³-hybridized carbons (Fsp3) is 0.231. The second-order valence-electron chi connectivity index (χ2n) is 3.97. The first-order chi connectivity index (χ1) is 9.41. The summed E-state index contributed by atoms with van der Waals surface area (Å²) in [5.74, 6) is -3.46. The highest BCUT2D eigenvalue weighted by atomic mass is 16.4. The third kappa shape index (κ3) is 4.52. The lowest BCUT2D eigenvalue weighted by Gasteiger charge is -2.06. The molecule has 1 aromatic carbocycles. The van der Waals surface area contributed by atoms with Gasteiger partial charge in [0.15, 0.2) is 5.78 Å². The van der Waals surface area contributed by atoms with Crippen molar-refractivity contribution in [3.63, 3.8) is 0 Å². The van der Waals surface area contributed by atoms with Crippen LogP contribution in [0.15, 0.2) is 24.3 Å². The molecule has 0 atom stereocenters. The van der Waals surface area contributed by atoms with Gasteiger partial charge in [-0.25, -0.2) is 4.79 Å². The summed E-state index contributed by atoms with van der Waals surface area (Å²) in [6.07, 6.45) is -0.489. The Bertz CT molecular complexity index is 552. The van der Waals surface area contributed by atoms with Crippen molar-refractivity contribution < 1.29 is 29.4 Å². The van der Waals surface area contributed by atoms with Crippen LogP contribution in [-0.2, 0) is 9.59 Å². The highest BCUT2D eigenvalue weighted by Crippen LogP contribution is 2.08. The third-order valence-corrected chi connectivity index (χ3v) is 2.47. The SMILES string of the molecule is O=C(O)CCC(=O)CNC(=O)c1ccccc1C(=O)O. The van der Waals surface area contributed by atoms with Gasteiger partial charge in [-0.3, -0.25) is 14.4 Å². The van der Waals surface area contributed by atoms with Crippen molar-refractivity contribution in [2.45, 2.75) is 12.8 Å². The number of aromatic carboxylic acids is 1. The number of aliphatic carboxylic acids is 1. The van der Waals surface area contributed by atoms with E-state index in [1.54, 1.807) is 0 Å². The van der Waals surface area contributed by atoms with Crippen molar-refractivity contribution in [1.29, 1.82) is 0 Å². The highest BCUT2D eigenvalue weighted by Gasteiger charge is 2.16. The predicted molar refractivity (Wildman–Crippen MR) is 67.6 cm³/mol. The molecule has 0 saturated heterocycles. The zero-order chi connectivity index (χ0) is 15.1. The maximum Gasteiger partial charge on any atom is 0.336 e. The summed E-state index contributed by atoms with van der Waals surface area (Å²) in [7, 11) is 0. The van der Waals surface area contributed by atoms with E-state index >= 15 is 0 Å². The van der Waals surface area contributed by atoms with Gasteiger partial charge in [0, 0.05) is 6.42 Å². The molecule has 0 aliphatic carbocycles. The number of rotatable bonds is 7. The highest BCUT2D eigenvalue weighted by molar-refractivity contribution is 6.05. The van der Waals surface area contributed by atoms with E-state index in [2.05, 4.69) is 5.32 Å². The molecule has 7 nitrogen and oxygen atoms in total. The largest absolute Gasteiger partial charge is 0.481 e.